The van der Waals surface area contributed by atoms with Gasteiger partial charge in [-0.25, -0.2) is 8.78 Å². The maximum atomic E-state index is 13.9. The molecule has 5 heteroatoms. The topological polar surface area (TPSA) is 32.3 Å². The monoisotopic (exact) mass is 384 g/mol. The molecule has 1 fully saturated rings. The number of halogens is 2. The minimum absolute atomic E-state index is 0.0559. The Bertz CT molecular complexity index is 904. The third-order valence-electron chi connectivity index (χ3n) is 5.90. The predicted molar refractivity (Wildman–Crippen MR) is 108 cm³/mol. The zero-order chi connectivity index (χ0) is 19.9. The van der Waals surface area contributed by atoms with Crippen LogP contribution >= 0.6 is 0 Å². The molecule has 0 bridgehead atoms. The third kappa shape index (κ3) is 3.89. The van der Waals surface area contributed by atoms with Crippen molar-refractivity contribution in [2.75, 3.05) is 16.8 Å². The van der Waals surface area contributed by atoms with E-state index in [1.807, 2.05) is 26.0 Å². The van der Waals surface area contributed by atoms with Gasteiger partial charge in [0.05, 0.1) is 6.42 Å². The predicted octanol–water partition coefficient (Wildman–Crippen LogP) is 5.23. The number of amides is 1. The van der Waals surface area contributed by atoms with Crippen molar-refractivity contribution >= 4 is 17.3 Å². The summed E-state index contributed by atoms with van der Waals surface area (Å²) in [5.41, 5.74) is 5.06. The van der Waals surface area contributed by atoms with Crippen molar-refractivity contribution in [3.8, 4) is 0 Å². The number of rotatable bonds is 5. The van der Waals surface area contributed by atoms with Crippen LogP contribution in [0.15, 0.2) is 30.3 Å². The summed E-state index contributed by atoms with van der Waals surface area (Å²) in [6.07, 6.45) is 2.90. The quantitative estimate of drug-likeness (QED) is 0.766. The van der Waals surface area contributed by atoms with E-state index in [9.17, 15) is 13.6 Å². The Morgan fingerprint density at radius 1 is 1.21 bits per heavy atom. The van der Waals surface area contributed by atoms with E-state index >= 15 is 0 Å². The fraction of sp³-hybridized carbons (Fsp3) is 0.435. The van der Waals surface area contributed by atoms with Crippen LogP contribution in [0.4, 0.5) is 20.2 Å². The van der Waals surface area contributed by atoms with Gasteiger partial charge in [-0.1, -0.05) is 12.1 Å². The number of nitrogens with one attached hydrogen (secondary N) is 1. The maximum absolute atomic E-state index is 13.9. The number of nitrogens with zero attached hydrogens (tertiary/aromatic N) is 1. The standard InChI is InChI=1S/C23H26F2N2O/c1-15-12-20-19(16(2)22(15)26-21(28)13-23(25)9-10-23)4-3-11-27(20)14-17-5-7-18(24)8-6-17/h5-8,12H,3-4,9-11,13-14H2,1-2H3,(H,26,28). The third-order valence-corrected chi connectivity index (χ3v) is 5.90. The smallest absolute Gasteiger partial charge is 0.227 e. The van der Waals surface area contributed by atoms with Gasteiger partial charge in [0.15, 0.2) is 0 Å². The van der Waals surface area contributed by atoms with Crippen molar-refractivity contribution in [1.29, 1.82) is 0 Å². The number of alkyl halides is 1. The van der Waals surface area contributed by atoms with Gasteiger partial charge in [-0.05, 0) is 80.0 Å². The van der Waals surface area contributed by atoms with Gasteiger partial charge in [-0.15, -0.1) is 0 Å². The summed E-state index contributed by atoms with van der Waals surface area (Å²) in [4.78, 5) is 14.6. The molecule has 1 N–H and O–H groups in total. The molecular formula is C23H26F2N2O. The highest BCUT2D eigenvalue weighted by atomic mass is 19.1. The van der Waals surface area contributed by atoms with Crippen LogP contribution in [-0.4, -0.2) is 18.1 Å². The highest BCUT2D eigenvalue weighted by molar-refractivity contribution is 5.94. The molecule has 4 rings (SSSR count). The van der Waals surface area contributed by atoms with Gasteiger partial charge in [0, 0.05) is 24.5 Å². The van der Waals surface area contributed by atoms with Crippen molar-refractivity contribution in [1.82, 2.24) is 0 Å². The highest BCUT2D eigenvalue weighted by Gasteiger charge is 2.45. The van der Waals surface area contributed by atoms with Crippen LogP contribution in [-0.2, 0) is 17.8 Å². The van der Waals surface area contributed by atoms with Crippen LogP contribution < -0.4 is 10.2 Å². The summed E-state index contributed by atoms with van der Waals surface area (Å²) in [5.74, 6) is -0.471. The lowest BCUT2D eigenvalue weighted by Gasteiger charge is -2.34. The van der Waals surface area contributed by atoms with Crippen molar-refractivity contribution in [2.24, 2.45) is 0 Å². The Balaban J connectivity index is 1.58. The van der Waals surface area contributed by atoms with Crippen molar-refractivity contribution < 1.29 is 13.6 Å². The molecule has 3 nitrogen and oxygen atoms in total. The molecule has 1 saturated carbocycles. The summed E-state index contributed by atoms with van der Waals surface area (Å²) in [5, 5.41) is 2.96. The first-order valence-corrected chi connectivity index (χ1v) is 9.96. The van der Waals surface area contributed by atoms with E-state index in [0.29, 0.717) is 12.8 Å². The number of carbonyl (C=O) groups is 1. The SMILES string of the molecule is Cc1cc2c(c(C)c1NC(=O)CC1(F)CC1)CCCN2Cc1ccc(F)cc1. The second-order valence-corrected chi connectivity index (χ2v) is 8.22. The molecule has 1 aliphatic heterocycles. The Hall–Kier alpha value is -2.43. The molecule has 2 aliphatic rings. The number of aryl methyl sites for hydroxylation is 1. The largest absolute Gasteiger partial charge is 0.367 e. The number of carbonyl (C=O) groups excluding carboxylic acids is 1. The molecule has 148 valence electrons. The van der Waals surface area contributed by atoms with Crippen LogP contribution in [0.1, 0.15) is 47.9 Å². The zero-order valence-corrected chi connectivity index (χ0v) is 16.4. The molecule has 0 atom stereocenters. The summed E-state index contributed by atoms with van der Waals surface area (Å²) in [6, 6.07) is 8.74. The number of anilines is 2. The molecule has 2 aromatic rings. The molecule has 2 aromatic carbocycles. The summed E-state index contributed by atoms with van der Waals surface area (Å²) < 4.78 is 27.1. The van der Waals surface area contributed by atoms with E-state index in [1.165, 1.54) is 23.4 Å². The second-order valence-electron chi connectivity index (χ2n) is 8.22. The molecular weight excluding hydrogens is 358 g/mol. The maximum Gasteiger partial charge on any atom is 0.227 e. The van der Waals surface area contributed by atoms with E-state index in [1.54, 1.807) is 0 Å². The van der Waals surface area contributed by atoms with E-state index in [4.69, 9.17) is 0 Å². The molecule has 0 saturated heterocycles. The molecule has 1 amide bonds. The van der Waals surface area contributed by atoms with Gasteiger partial charge in [-0.3, -0.25) is 4.79 Å². The molecule has 1 heterocycles. The molecule has 28 heavy (non-hydrogen) atoms. The van der Waals surface area contributed by atoms with E-state index in [0.717, 1.165) is 48.3 Å². The van der Waals surface area contributed by atoms with Gasteiger partial charge in [-0.2, -0.15) is 0 Å². The van der Waals surface area contributed by atoms with Crippen LogP contribution in [0, 0.1) is 19.7 Å². The summed E-state index contributed by atoms with van der Waals surface area (Å²) in [6.45, 7) is 5.68. The zero-order valence-electron chi connectivity index (χ0n) is 16.4. The van der Waals surface area contributed by atoms with Crippen molar-refractivity contribution in [3.05, 3.63) is 58.4 Å². The first-order chi connectivity index (χ1) is 13.3. The minimum Gasteiger partial charge on any atom is -0.367 e. The molecule has 0 spiro atoms. The average Bonchev–Trinajstić information content (AvgIpc) is 3.38. The first kappa shape index (κ1) is 18.9. The summed E-state index contributed by atoms with van der Waals surface area (Å²) in [7, 11) is 0. The molecule has 1 aliphatic carbocycles. The number of fused-ring (bicyclic) bond motifs is 1. The van der Waals surface area contributed by atoms with Crippen LogP contribution in [0.25, 0.3) is 0 Å². The van der Waals surface area contributed by atoms with Crippen LogP contribution in [0.2, 0.25) is 0 Å². The van der Waals surface area contributed by atoms with Gasteiger partial charge in [0.25, 0.3) is 0 Å². The average molecular weight is 384 g/mol. The van der Waals surface area contributed by atoms with Crippen LogP contribution in [0.3, 0.4) is 0 Å². The van der Waals surface area contributed by atoms with Gasteiger partial charge >= 0.3 is 0 Å². The fourth-order valence-electron chi connectivity index (χ4n) is 4.12. The van der Waals surface area contributed by atoms with E-state index < -0.39 is 5.67 Å². The highest BCUT2D eigenvalue weighted by Crippen LogP contribution is 2.43. The number of hydrogen-bond donors (Lipinski definition) is 1. The lowest BCUT2D eigenvalue weighted by molar-refractivity contribution is -0.117. The van der Waals surface area contributed by atoms with Crippen molar-refractivity contribution in [3.63, 3.8) is 0 Å². The summed E-state index contributed by atoms with van der Waals surface area (Å²) >= 11 is 0. The van der Waals surface area contributed by atoms with Gasteiger partial charge in [0.1, 0.15) is 11.5 Å². The fourth-order valence-corrected chi connectivity index (χ4v) is 4.12. The number of hydrogen-bond acceptors (Lipinski definition) is 2. The first-order valence-electron chi connectivity index (χ1n) is 9.96. The van der Waals surface area contributed by atoms with E-state index in [-0.39, 0.29) is 18.1 Å². The Kier molecular flexibility index (Phi) is 4.86. The Labute approximate surface area is 164 Å². The van der Waals surface area contributed by atoms with Gasteiger partial charge in [0.2, 0.25) is 5.91 Å². The second kappa shape index (κ2) is 7.19. The normalized spacial score (nSPS) is 17.2. The lowest BCUT2D eigenvalue weighted by Crippen LogP contribution is -2.30. The van der Waals surface area contributed by atoms with Gasteiger partial charge < -0.3 is 10.2 Å². The lowest BCUT2D eigenvalue weighted by atomic mass is 9.92. The molecule has 0 radical (unpaired) electrons. The Morgan fingerprint density at radius 3 is 2.61 bits per heavy atom. The van der Waals surface area contributed by atoms with E-state index in [2.05, 4.69) is 16.3 Å². The van der Waals surface area contributed by atoms with Crippen LogP contribution in [0.5, 0.6) is 0 Å². The minimum atomic E-state index is -1.29. The van der Waals surface area contributed by atoms with Crippen molar-refractivity contribution in [2.45, 2.75) is 58.2 Å². The molecule has 0 unspecified atom stereocenters. The Morgan fingerprint density at radius 2 is 1.93 bits per heavy atom. The molecule has 0 aromatic heterocycles. The number of benzene rings is 2.